The average molecular weight is 297 g/mol. The Balaban J connectivity index is 1.46. The first-order chi connectivity index (χ1) is 10.7. The molecule has 2 aliphatic rings. The number of hydrogen-bond acceptors (Lipinski definition) is 4. The van der Waals surface area contributed by atoms with Gasteiger partial charge in [-0.25, -0.2) is 0 Å². The summed E-state index contributed by atoms with van der Waals surface area (Å²) in [4.78, 5) is 0. The topological polar surface area (TPSA) is 55.6 Å². The number of hydrogen-bond donors (Lipinski definition) is 1. The van der Waals surface area contributed by atoms with Crippen molar-refractivity contribution in [1.29, 1.82) is 0 Å². The fourth-order valence-electron chi connectivity index (χ4n) is 4.26. The number of aryl methyl sites for hydroxylation is 2. The molecule has 0 aromatic carbocycles. The fraction of sp³-hybridized carbons (Fsp3) is 0.588. The minimum atomic E-state index is 0.788. The lowest BCUT2D eigenvalue weighted by Crippen LogP contribution is -2.13. The first-order valence-electron chi connectivity index (χ1n) is 8.23. The second-order valence-corrected chi connectivity index (χ2v) is 6.93. The number of fused-ring (bicyclic) bond motifs is 1. The molecule has 1 N–H and O–H groups in total. The largest absolute Gasteiger partial charge is 0.316 e. The highest BCUT2D eigenvalue weighted by Gasteiger charge is 2.37. The van der Waals surface area contributed by atoms with E-state index in [2.05, 4.69) is 39.7 Å². The monoisotopic (exact) mass is 297 g/mol. The molecule has 3 atom stereocenters. The van der Waals surface area contributed by atoms with Crippen molar-refractivity contribution in [3.63, 3.8) is 0 Å². The lowest BCUT2D eigenvalue weighted by atomic mass is 9.99. The van der Waals surface area contributed by atoms with E-state index in [1.54, 1.807) is 0 Å². The molecule has 0 spiro atoms. The average Bonchev–Trinajstić information content (AvgIpc) is 3.16. The van der Waals surface area contributed by atoms with Crippen molar-refractivity contribution >= 4 is 0 Å². The van der Waals surface area contributed by atoms with Gasteiger partial charge in [-0.1, -0.05) is 0 Å². The van der Waals surface area contributed by atoms with Gasteiger partial charge in [0.25, 0.3) is 0 Å². The van der Waals surface area contributed by atoms with Gasteiger partial charge in [0.15, 0.2) is 0 Å². The van der Waals surface area contributed by atoms with Gasteiger partial charge < -0.3 is 5.32 Å². The predicted octanol–water partition coefficient (Wildman–Crippen LogP) is 1.97. The van der Waals surface area contributed by atoms with Crippen LogP contribution >= 0.6 is 0 Å². The van der Waals surface area contributed by atoms with E-state index in [0.717, 1.165) is 46.8 Å². The summed E-state index contributed by atoms with van der Waals surface area (Å²) in [5, 5.41) is 16.7. The van der Waals surface area contributed by atoms with Gasteiger partial charge in [0, 0.05) is 7.05 Å². The molecule has 22 heavy (non-hydrogen) atoms. The Morgan fingerprint density at radius 1 is 1.18 bits per heavy atom. The lowest BCUT2D eigenvalue weighted by molar-refractivity contribution is 0.483. The van der Waals surface area contributed by atoms with E-state index < -0.39 is 0 Å². The summed E-state index contributed by atoms with van der Waals surface area (Å²) in [6.45, 7) is 4.49. The highest BCUT2D eigenvalue weighted by atomic mass is 15.3. The van der Waals surface area contributed by atoms with Gasteiger partial charge in [-0.15, -0.1) is 5.10 Å². The predicted molar refractivity (Wildman–Crippen MR) is 85.2 cm³/mol. The third-order valence-electron chi connectivity index (χ3n) is 5.33. The second-order valence-electron chi connectivity index (χ2n) is 6.93. The van der Waals surface area contributed by atoms with Gasteiger partial charge in [0.2, 0.25) is 0 Å². The zero-order valence-corrected chi connectivity index (χ0v) is 13.3. The van der Waals surface area contributed by atoms with Crippen LogP contribution in [0.5, 0.6) is 0 Å². The van der Waals surface area contributed by atoms with Crippen LogP contribution in [-0.4, -0.2) is 33.1 Å². The summed E-state index contributed by atoms with van der Waals surface area (Å²) in [6, 6.07) is 4.23. The van der Waals surface area contributed by atoms with Crippen LogP contribution in [0.1, 0.15) is 24.1 Å². The highest BCUT2D eigenvalue weighted by molar-refractivity contribution is 5.57. The van der Waals surface area contributed by atoms with Crippen molar-refractivity contribution in [3.05, 3.63) is 29.6 Å². The molecule has 0 amide bonds. The second kappa shape index (κ2) is 5.47. The van der Waals surface area contributed by atoms with E-state index in [9.17, 15) is 0 Å². The molecule has 1 saturated carbocycles. The van der Waals surface area contributed by atoms with Crippen LogP contribution in [0.3, 0.4) is 0 Å². The molecule has 2 aromatic heterocycles. The highest BCUT2D eigenvalue weighted by Crippen LogP contribution is 2.39. The van der Waals surface area contributed by atoms with E-state index in [1.807, 2.05) is 17.9 Å². The van der Waals surface area contributed by atoms with Gasteiger partial charge in [0.1, 0.15) is 5.69 Å². The molecule has 1 aliphatic heterocycles. The molecule has 5 heteroatoms. The molecule has 0 radical (unpaired) electrons. The molecule has 1 saturated heterocycles. The maximum atomic E-state index is 4.47. The third-order valence-corrected chi connectivity index (χ3v) is 5.33. The van der Waals surface area contributed by atoms with E-state index in [4.69, 9.17) is 0 Å². The van der Waals surface area contributed by atoms with Crippen LogP contribution in [0.25, 0.3) is 11.4 Å². The van der Waals surface area contributed by atoms with Crippen molar-refractivity contribution < 1.29 is 0 Å². The number of rotatable bonds is 3. The van der Waals surface area contributed by atoms with E-state index in [1.165, 1.54) is 25.9 Å². The van der Waals surface area contributed by atoms with Crippen LogP contribution in [0.15, 0.2) is 18.3 Å². The SMILES string of the molecule is Cc1cnn(C)c1-c1ccc(CC2C[C@H]3CNC[C@H]3C2)nn1. The van der Waals surface area contributed by atoms with Crippen molar-refractivity contribution in [2.24, 2.45) is 24.8 Å². The zero-order valence-electron chi connectivity index (χ0n) is 13.3. The summed E-state index contributed by atoms with van der Waals surface area (Å²) in [5.41, 5.74) is 4.23. The third kappa shape index (κ3) is 2.43. The Morgan fingerprint density at radius 3 is 2.55 bits per heavy atom. The van der Waals surface area contributed by atoms with Gasteiger partial charge in [-0.2, -0.15) is 10.2 Å². The van der Waals surface area contributed by atoms with Crippen molar-refractivity contribution in [1.82, 2.24) is 25.3 Å². The summed E-state index contributed by atoms with van der Waals surface area (Å²) in [5.74, 6) is 2.58. The number of nitrogens with one attached hydrogen (secondary N) is 1. The summed E-state index contributed by atoms with van der Waals surface area (Å²) < 4.78 is 1.87. The van der Waals surface area contributed by atoms with Crippen LogP contribution in [0.4, 0.5) is 0 Å². The Labute approximate surface area is 131 Å². The minimum absolute atomic E-state index is 0.788. The number of aromatic nitrogens is 4. The Morgan fingerprint density at radius 2 is 1.95 bits per heavy atom. The minimum Gasteiger partial charge on any atom is -0.316 e. The maximum absolute atomic E-state index is 4.47. The first kappa shape index (κ1) is 13.9. The lowest BCUT2D eigenvalue weighted by Gasteiger charge is -2.10. The van der Waals surface area contributed by atoms with Crippen molar-refractivity contribution in [2.75, 3.05) is 13.1 Å². The quantitative estimate of drug-likeness (QED) is 0.941. The molecule has 116 valence electrons. The summed E-state index contributed by atoms with van der Waals surface area (Å²) in [6.07, 6.45) is 5.64. The Bertz CT molecular complexity index is 629. The molecular weight excluding hydrogens is 274 g/mol. The normalized spacial score (nSPS) is 27.3. The molecule has 2 fully saturated rings. The maximum Gasteiger partial charge on any atom is 0.111 e. The Kier molecular flexibility index (Phi) is 3.45. The Hall–Kier alpha value is -1.75. The smallest absolute Gasteiger partial charge is 0.111 e. The molecule has 5 nitrogen and oxygen atoms in total. The van der Waals surface area contributed by atoms with Gasteiger partial charge in [-0.05, 0) is 74.7 Å². The summed E-state index contributed by atoms with van der Waals surface area (Å²) in [7, 11) is 1.95. The van der Waals surface area contributed by atoms with Gasteiger partial charge >= 0.3 is 0 Å². The molecule has 4 rings (SSSR count). The fourth-order valence-corrected chi connectivity index (χ4v) is 4.26. The van der Waals surface area contributed by atoms with E-state index in [-0.39, 0.29) is 0 Å². The molecule has 0 bridgehead atoms. The van der Waals surface area contributed by atoms with Crippen LogP contribution in [-0.2, 0) is 13.5 Å². The van der Waals surface area contributed by atoms with Crippen molar-refractivity contribution in [2.45, 2.75) is 26.2 Å². The van der Waals surface area contributed by atoms with Crippen LogP contribution < -0.4 is 5.32 Å². The molecule has 1 unspecified atom stereocenters. The van der Waals surface area contributed by atoms with Crippen LogP contribution in [0, 0.1) is 24.7 Å². The first-order valence-corrected chi connectivity index (χ1v) is 8.23. The molecule has 2 aromatic rings. The van der Waals surface area contributed by atoms with Crippen LogP contribution in [0.2, 0.25) is 0 Å². The van der Waals surface area contributed by atoms with Crippen molar-refractivity contribution in [3.8, 4) is 11.4 Å². The molecular formula is C17H23N5. The molecule has 3 heterocycles. The van der Waals surface area contributed by atoms with E-state index in [0.29, 0.717) is 0 Å². The van der Waals surface area contributed by atoms with E-state index >= 15 is 0 Å². The molecule has 1 aliphatic carbocycles. The zero-order chi connectivity index (χ0) is 15.1. The number of nitrogens with zero attached hydrogens (tertiary/aromatic N) is 4. The van der Waals surface area contributed by atoms with Gasteiger partial charge in [-0.3, -0.25) is 4.68 Å². The van der Waals surface area contributed by atoms with Gasteiger partial charge in [0.05, 0.1) is 17.6 Å². The standard InChI is InChI=1S/C17H23N5/c1-11-8-19-22(2)17(11)16-4-3-15(20-21-16)7-12-5-13-9-18-10-14(13)6-12/h3-4,8,12-14,18H,5-7,9-10H2,1-2H3/t12?,13-,14+. The summed E-state index contributed by atoms with van der Waals surface area (Å²) >= 11 is 0.